The molecule has 0 saturated heterocycles. The van der Waals surface area contributed by atoms with Crippen molar-refractivity contribution in [3.05, 3.63) is 58.7 Å². The van der Waals surface area contributed by atoms with E-state index in [9.17, 15) is 5.11 Å². The monoisotopic (exact) mass is 379 g/mol. The molecule has 0 fully saturated rings. The third kappa shape index (κ3) is 3.26. The van der Waals surface area contributed by atoms with Crippen LogP contribution < -0.4 is 14.8 Å². The Hall–Kier alpha value is -2.46. The largest absolute Gasteiger partial charge is 0.504 e. The first kappa shape index (κ1) is 18.9. The second-order valence-electron chi connectivity index (χ2n) is 7.74. The van der Waals surface area contributed by atoms with Gasteiger partial charge in [0.05, 0.1) is 14.2 Å². The lowest BCUT2D eigenvalue weighted by Crippen LogP contribution is -2.33. The molecule has 148 valence electrons. The van der Waals surface area contributed by atoms with Crippen LogP contribution in [0.15, 0.2) is 42.0 Å². The Balaban J connectivity index is 1.74. The van der Waals surface area contributed by atoms with Crippen LogP contribution in [0, 0.1) is 0 Å². The number of ether oxygens (including phenoxy) is 2. The average Bonchev–Trinajstić information content (AvgIpc) is 3.15. The van der Waals surface area contributed by atoms with Crippen molar-refractivity contribution in [1.29, 1.82) is 0 Å². The first-order chi connectivity index (χ1) is 13.6. The number of benzene rings is 2. The van der Waals surface area contributed by atoms with E-state index in [1.54, 1.807) is 14.2 Å². The van der Waals surface area contributed by atoms with Crippen molar-refractivity contribution in [3.8, 4) is 17.2 Å². The number of hydrogen-bond acceptors (Lipinski definition) is 4. The molecule has 2 aromatic rings. The van der Waals surface area contributed by atoms with Crippen molar-refractivity contribution in [2.75, 3.05) is 14.2 Å². The number of aromatic hydroxyl groups is 1. The lowest BCUT2D eigenvalue weighted by molar-refractivity contribution is 0.331. The molecule has 0 saturated carbocycles. The van der Waals surface area contributed by atoms with Crippen LogP contribution in [0.4, 0.5) is 0 Å². The summed E-state index contributed by atoms with van der Waals surface area (Å²) >= 11 is 0. The van der Waals surface area contributed by atoms with Crippen LogP contribution >= 0.6 is 0 Å². The average molecular weight is 380 g/mol. The summed E-state index contributed by atoms with van der Waals surface area (Å²) < 4.78 is 11.2. The van der Waals surface area contributed by atoms with Crippen molar-refractivity contribution >= 4 is 5.57 Å². The SMILES string of the molecule is COc1c(O)cc2c(c1OC)C1=C(CCC1)[C@@H](NC(C)c1ccccc1)CC2. The molecule has 1 unspecified atom stereocenters. The standard InChI is InChI=1S/C24H29NO3/c1-15(16-8-5-4-6-9-16)25-20-13-12-17-14-21(26)23(27-2)24(28-3)22(17)19-11-7-10-18(19)20/h4-6,8-9,14-15,20,25-26H,7,10-13H2,1-3H3/t15?,20-/m0/s1. The number of phenolic OH excluding ortho intramolecular Hbond substituents is 1. The van der Waals surface area contributed by atoms with E-state index in [0.717, 1.165) is 43.2 Å². The highest BCUT2D eigenvalue weighted by atomic mass is 16.5. The molecule has 0 heterocycles. The minimum Gasteiger partial charge on any atom is -0.504 e. The van der Waals surface area contributed by atoms with E-state index in [2.05, 4.69) is 42.6 Å². The summed E-state index contributed by atoms with van der Waals surface area (Å²) in [5.41, 5.74) is 6.47. The highest BCUT2D eigenvalue weighted by Gasteiger charge is 2.32. The van der Waals surface area contributed by atoms with Gasteiger partial charge in [-0.3, -0.25) is 0 Å². The van der Waals surface area contributed by atoms with Crippen LogP contribution in [0.1, 0.15) is 55.3 Å². The van der Waals surface area contributed by atoms with E-state index in [4.69, 9.17) is 9.47 Å². The van der Waals surface area contributed by atoms with Gasteiger partial charge in [-0.05, 0) is 67.4 Å². The minimum absolute atomic E-state index is 0.155. The number of nitrogens with one attached hydrogen (secondary N) is 1. The molecule has 28 heavy (non-hydrogen) atoms. The predicted octanol–water partition coefficient (Wildman–Crippen LogP) is 5.01. The molecule has 0 radical (unpaired) electrons. The maximum absolute atomic E-state index is 10.4. The zero-order chi connectivity index (χ0) is 19.7. The number of hydrogen-bond donors (Lipinski definition) is 2. The maximum Gasteiger partial charge on any atom is 0.203 e. The van der Waals surface area contributed by atoms with E-state index in [-0.39, 0.29) is 11.8 Å². The summed E-state index contributed by atoms with van der Waals surface area (Å²) in [7, 11) is 3.24. The molecule has 4 heteroatoms. The summed E-state index contributed by atoms with van der Waals surface area (Å²) in [6.07, 6.45) is 5.23. The first-order valence-electron chi connectivity index (χ1n) is 10.1. The van der Waals surface area contributed by atoms with Gasteiger partial charge in [0.1, 0.15) is 0 Å². The molecule has 0 amide bonds. The zero-order valence-corrected chi connectivity index (χ0v) is 16.9. The van der Waals surface area contributed by atoms with Crippen molar-refractivity contribution in [1.82, 2.24) is 5.32 Å². The first-order valence-corrected chi connectivity index (χ1v) is 10.1. The Labute approximate surface area is 167 Å². The van der Waals surface area contributed by atoms with Gasteiger partial charge >= 0.3 is 0 Å². The molecule has 2 aromatic carbocycles. The molecule has 2 N–H and O–H groups in total. The topological polar surface area (TPSA) is 50.7 Å². The third-order valence-electron chi connectivity index (χ3n) is 6.14. The number of aryl methyl sites for hydroxylation is 1. The number of fused-ring (bicyclic) bond motifs is 2. The molecule has 0 spiro atoms. The van der Waals surface area contributed by atoms with E-state index < -0.39 is 0 Å². The van der Waals surface area contributed by atoms with E-state index >= 15 is 0 Å². The number of phenols is 1. The fourth-order valence-corrected chi connectivity index (χ4v) is 4.83. The van der Waals surface area contributed by atoms with Gasteiger partial charge in [-0.2, -0.15) is 0 Å². The van der Waals surface area contributed by atoms with Crippen LogP contribution in [-0.4, -0.2) is 25.4 Å². The quantitative estimate of drug-likeness (QED) is 0.766. The van der Waals surface area contributed by atoms with Crippen LogP contribution in [-0.2, 0) is 6.42 Å². The predicted molar refractivity (Wildman–Crippen MR) is 112 cm³/mol. The third-order valence-corrected chi connectivity index (χ3v) is 6.14. The molecule has 0 bridgehead atoms. The maximum atomic E-state index is 10.4. The Morgan fingerprint density at radius 2 is 1.79 bits per heavy atom. The molecule has 2 atom stereocenters. The second-order valence-corrected chi connectivity index (χ2v) is 7.74. The highest BCUT2D eigenvalue weighted by molar-refractivity contribution is 5.82. The molecular weight excluding hydrogens is 350 g/mol. The molecular formula is C24H29NO3. The van der Waals surface area contributed by atoms with Gasteiger partial charge in [0, 0.05) is 17.6 Å². The van der Waals surface area contributed by atoms with E-state index in [1.807, 2.05) is 6.07 Å². The zero-order valence-electron chi connectivity index (χ0n) is 16.9. The normalized spacial score (nSPS) is 19.6. The lowest BCUT2D eigenvalue weighted by Gasteiger charge is -2.25. The second kappa shape index (κ2) is 7.88. The smallest absolute Gasteiger partial charge is 0.203 e. The molecule has 2 aliphatic rings. The number of rotatable bonds is 5. The molecule has 2 aliphatic carbocycles. The molecule has 0 aliphatic heterocycles. The Morgan fingerprint density at radius 3 is 2.50 bits per heavy atom. The van der Waals surface area contributed by atoms with Gasteiger partial charge in [0.25, 0.3) is 0 Å². The van der Waals surface area contributed by atoms with Crippen molar-refractivity contribution < 1.29 is 14.6 Å². The van der Waals surface area contributed by atoms with Crippen molar-refractivity contribution in [2.45, 2.75) is 51.1 Å². The Morgan fingerprint density at radius 1 is 1.04 bits per heavy atom. The summed E-state index contributed by atoms with van der Waals surface area (Å²) in [6.45, 7) is 2.23. The molecule has 4 rings (SSSR count). The van der Waals surface area contributed by atoms with Gasteiger partial charge in [-0.15, -0.1) is 0 Å². The van der Waals surface area contributed by atoms with Crippen LogP contribution in [0.3, 0.4) is 0 Å². The van der Waals surface area contributed by atoms with Crippen molar-refractivity contribution in [3.63, 3.8) is 0 Å². The summed E-state index contributed by atoms with van der Waals surface area (Å²) in [5.74, 6) is 1.26. The molecule has 4 nitrogen and oxygen atoms in total. The van der Waals surface area contributed by atoms with Crippen LogP contribution in [0.5, 0.6) is 17.2 Å². The van der Waals surface area contributed by atoms with E-state index in [1.165, 1.54) is 16.7 Å². The summed E-state index contributed by atoms with van der Waals surface area (Å²) in [6, 6.07) is 13.1. The van der Waals surface area contributed by atoms with Crippen molar-refractivity contribution in [2.24, 2.45) is 0 Å². The highest BCUT2D eigenvalue weighted by Crippen LogP contribution is 2.50. The van der Waals surface area contributed by atoms with Crippen LogP contribution in [0.25, 0.3) is 5.57 Å². The van der Waals surface area contributed by atoms with Gasteiger partial charge in [0.2, 0.25) is 5.75 Å². The van der Waals surface area contributed by atoms with Gasteiger partial charge < -0.3 is 19.9 Å². The summed E-state index contributed by atoms with van der Waals surface area (Å²) in [5, 5.41) is 14.3. The minimum atomic E-state index is 0.155. The number of methoxy groups -OCH3 is 2. The number of allylic oxidation sites excluding steroid dienone is 1. The molecule has 0 aromatic heterocycles. The van der Waals surface area contributed by atoms with Gasteiger partial charge in [0.15, 0.2) is 11.5 Å². The van der Waals surface area contributed by atoms with Gasteiger partial charge in [-0.1, -0.05) is 30.3 Å². The fraction of sp³-hybridized carbons (Fsp3) is 0.417. The Kier molecular flexibility index (Phi) is 5.31. The summed E-state index contributed by atoms with van der Waals surface area (Å²) in [4.78, 5) is 0. The lowest BCUT2D eigenvalue weighted by atomic mass is 9.95. The fourth-order valence-electron chi connectivity index (χ4n) is 4.83. The van der Waals surface area contributed by atoms with E-state index in [0.29, 0.717) is 17.5 Å². The van der Waals surface area contributed by atoms with Crippen LogP contribution in [0.2, 0.25) is 0 Å². The van der Waals surface area contributed by atoms with Gasteiger partial charge in [-0.25, -0.2) is 0 Å². The Bertz CT molecular complexity index is 888.